The monoisotopic (exact) mass is 270 g/mol. The average Bonchev–Trinajstić information content (AvgIpc) is 2.83. The van der Waals surface area contributed by atoms with Crippen LogP contribution in [0, 0.1) is 6.92 Å². The summed E-state index contributed by atoms with van der Waals surface area (Å²) in [4.78, 5) is 8.71. The summed E-state index contributed by atoms with van der Waals surface area (Å²) in [6.45, 7) is 1.97. The molecule has 3 aromatic rings. The minimum absolute atomic E-state index is 0.543. The molecular weight excluding hydrogens is 256 g/mol. The highest BCUT2D eigenvalue weighted by atomic mass is 32.1. The summed E-state index contributed by atoms with van der Waals surface area (Å²) < 4.78 is 0. The van der Waals surface area contributed by atoms with Crippen LogP contribution in [0.1, 0.15) is 22.4 Å². The summed E-state index contributed by atoms with van der Waals surface area (Å²) in [6, 6.07) is 9.73. The number of thiazole rings is 1. The van der Waals surface area contributed by atoms with E-state index in [9.17, 15) is 5.11 Å². The largest absolute Gasteiger partial charge is 0.388 e. The van der Waals surface area contributed by atoms with Crippen LogP contribution in [0.4, 0.5) is 0 Å². The zero-order valence-electron chi connectivity index (χ0n) is 10.6. The lowest BCUT2D eigenvalue weighted by Gasteiger charge is -2.12. The molecule has 0 aliphatic rings. The third-order valence-corrected chi connectivity index (χ3v) is 4.06. The Balaban J connectivity index is 1.95. The van der Waals surface area contributed by atoms with E-state index in [4.69, 9.17) is 0 Å². The SMILES string of the molecule is Cc1csc(CC(O)c2cccc3ncccc23)n1. The molecule has 0 amide bonds. The highest BCUT2D eigenvalue weighted by Gasteiger charge is 2.13. The van der Waals surface area contributed by atoms with E-state index in [1.54, 1.807) is 17.5 Å². The lowest BCUT2D eigenvalue weighted by molar-refractivity contribution is 0.180. The van der Waals surface area contributed by atoms with Crippen molar-refractivity contribution in [2.24, 2.45) is 0 Å². The number of aliphatic hydroxyl groups is 1. The Morgan fingerprint density at radius 2 is 2.16 bits per heavy atom. The predicted octanol–water partition coefficient (Wildman–Crippen LogP) is 3.28. The first-order valence-corrected chi connectivity index (χ1v) is 7.05. The topological polar surface area (TPSA) is 46.0 Å². The van der Waals surface area contributed by atoms with Gasteiger partial charge in [-0.25, -0.2) is 4.98 Å². The number of rotatable bonds is 3. The Bertz CT molecular complexity index is 703. The van der Waals surface area contributed by atoms with Crippen LogP contribution in [0.2, 0.25) is 0 Å². The van der Waals surface area contributed by atoms with E-state index in [0.29, 0.717) is 6.42 Å². The first kappa shape index (κ1) is 12.3. The van der Waals surface area contributed by atoms with Gasteiger partial charge in [-0.15, -0.1) is 11.3 Å². The lowest BCUT2D eigenvalue weighted by atomic mass is 10.0. The van der Waals surface area contributed by atoms with Crippen LogP contribution in [0.25, 0.3) is 10.9 Å². The van der Waals surface area contributed by atoms with Crippen LogP contribution >= 0.6 is 11.3 Å². The number of aromatic nitrogens is 2. The average molecular weight is 270 g/mol. The van der Waals surface area contributed by atoms with Crippen LogP contribution in [0.3, 0.4) is 0 Å². The smallest absolute Gasteiger partial charge is 0.0957 e. The summed E-state index contributed by atoms with van der Waals surface area (Å²) in [6.07, 6.45) is 1.77. The maximum Gasteiger partial charge on any atom is 0.0957 e. The molecule has 4 heteroatoms. The quantitative estimate of drug-likeness (QED) is 0.794. The summed E-state index contributed by atoms with van der Waals surface area (Å²) >= 11 is 1.59. The molecule has 1 aromatic carbocycles. The molecule has 1 unspecified atom stereocenters. The maximum atomic E-state index is 10.4. The predicted molar refractivity (Wildman–Crippen MR) is 77.3 cm³/mol. The summed E-state index contributed by atoms with van der Waals surface area (Å²) in [5.41, 5.74) is 2.83. The van der Waals surface area contributed by atoms with Gasteiger partial charge in [0.1, 0.15) is 0 Å². The van der Waals surface area contributed by atoms with Crippen molar-refractivity contribution >= 4 is 22.2 Å². The number of hydrogen-bond acceptors (Lipinski definition) is 4. The summed E-state index contributed by atoms with van der Waals surface area (Å²) in [5, 5.41) is 14.4. The van der Waals surface area contributed by atoms with E-state index in [2.05, 4.69) is 9.97 Å². The summed E-state index contributed by atoms with van der Waals surface area (Å²) in [5.74, 6) is 0. The number of nitrogens with zero attached hydrogens (tertiary/aromatic N) is 2. The van der Waals surface area contributed by atoms with Gasteiger partial charge in [-0.3, -0.25) is 4.98 Å². The summed E-state index contributed by atoms with van der Waals surface area (Å²) in [7, 11) is 0. The van der Waals surface area contributed by atoms with Gasteiger partial charge in [0.25, 0.3) is 0 Å². The number of fused-ring (bicyclic) bond motifs is 1. The number of aliphatic hydroxyl groups excluding tert-OH is 1. The van der Waals surface area contributed by atoms with E-state index < -0.39 is 6.10 Å². The number of aryl methyl sites for hydroxylation is 1. The molecular formula is C15H14N2OS. The molecule has 0 bridgehead atoms. The number of benzene rings is 1. The van der Waals surface area contributed by atoms with Gasteiger partial charge in [0.2, 0.25) is 0 Å². The van der Waals surface area contributed by atoms with Gasteiger partial charge < -0.3 is 5.11 Å². The second-order valence-corrected chi connectivity index (χ2v) is 5.46. The molecule has 3 rings (SSSR count). The molecule has 0 saturated carbocycles. The Hall–Kier alpha value is -1.78. The Kier molecular flexibility index (Phi) is 3.27. The molecule has 0 saturated heterocycles. The van der Waals surface area contributed by atoms with Crippen molar-refractivity contribution in [3.05, 3.63) is 58.2 Å². The Morgan fingerprint density at radius 3 is 2.95 bits per heavy atom. The molecule has 2 aromatic heterocycles. The van der Waals surface area contributed by atoms with Crippen molar-refractivity contribution in [1.82, 2.24) is 9.97 Å². The van der Waals surface area contributed by atoms with Crippen molar-refractivity contribution in [3.8, 4) is 0 Å². The van der Waals surface area contributed by atoms with Gasteiger partial charge in [0, 0.05) is 29.1 Å². The molecule has 0 radical (unpaired) electrons. The minimum Gasteiger partial charge on any atom is -0.388 e. The molecule has 0 aliphatic carbocycles. The first-order valence-electron chi connectivity index (χ1n) is 6.17. The third-order valence-electron chi connectivity index (χ3n) is 3.07. The molecule has 2 heterocycles. The van der Waals surface area contributed by atoms with Crippen molar-refractivity contribution in [3.63, 3.8) is 0 Å². The highest BCUT2D eigenvalue weighted by molar-refractivity contribution is 7.09. The van der Waals surface area contributed by atoms with Gasteiger partial charge in [-0.05, 0) is 24.6 Å². The number of hydrogen-bond donors (Lipinski definition) is 1. The van der Waals surface area contributed by atoms with Crippen LogP contribution in [0.15, 0.2) is 41.9 Å². The van der Waals surface area contributed by atoms with Crippen molar-refractivity contribution in [1.29, 1.82) is 0 Å². The zero-order valence-corrected chi connectivity index (χ0v) is 11.4. The molecule has 3 nitrogen and oxygen atoms in total. The van der Waals surface area contributed by atoms with Crippen LogP contribution in [-0.2, 0) is 6.42 Å². The Morgan fingerprint density at radius 1 is 1.26 bits per heavy atom. The normalized spacial score (nSPS) is 12.7. The van der Waals surface area contributed by atoms with E-state index in [0.717, 1.165) is 27.2 Å². The van der Waals surface area contributed by atoms with E-state index in [1.165, 1.54) is 0 Å². The second-order valence-electron chi connectivity index (χ2n) is 4.52. The first-order chi connectivity index (χ1) is 9.24. The van der Waals surface area contributed by atoms with Crippen molar-refractivity contribution in [2.45, 2.75) is 19.4 Å². The maximum absolute atomic E-state index is 10.4. The van der Waals surface area contributed by atoms with E-state index in [-0.39, 0.29) is 0 Å². The molecule has 19 heavy (non-hydrogen) atoms. The molecule has 1 N–H and O–H groups in total. The fraction of sp³-hybridized carbons (Fsp3) is 0.200. The minimum atomic E-state index is -0.543. The third kappa shape index (κ3) is 2.50. The second kappa shape index (κ2) is 5.07. The van der Waals surface area contributed by atoms with E-state index in [1.807, 2.05) is 42.6 Å². The van der Waals surface area contributed by atoms with E-state index >= 15 is 0 Å². The zero-order chi connectivity index (χ0) is 13.2. The van der Waals surface area contributed by atoms with Crippen molar-refractivity contribution in [2.75, 3.05) is 0 Å². The molecule has 96 valence electrons. The number of pyridine rings is 1. The lowest BCUT2D eigenvalue weighted by Crippen LogP contribution is -2.02. The van der Waals surface area contributed by atoms with Gasteiger partial charge >= 0.3 is 0 Å². The fourth-order valence-electron chi connectivity index (χ4n) is 2.19. The molecule has 0 fully saturated rings. The molecule has 1 atom stereocenters. The van der Waals surface area contributed by atoms with Crippen molar-refractivity contribution < 1.29 is 5.11 Å². The fourth-order valence-corrected chi connectivity index (χ4v) is 3.00. The van der Waals surface area contributed by atoms with Crippen LogP contribution in [0.5, 0.6) is 0 Å². The molecule has 0 aliphatic heterocycles. The van der Waals surface area contributed by atoms with Crippen LogP contribution in [-0.4, -0.2) is 15.1 Å². The Labute approximate surface area is 115 Å². The van der Waals surface area contributed by atoms with Gasteiger partial charge in [0.15, 0.2) is 0 Å². The van der Waals surface area contributed by atoms with Gasteiger partial charge in [-0.1, -0.05) is 18.2 Å². The standard InChI is InChI=1S/C15H14N2OS/c1-10-9-19-15(17-10)8-14(18)12-4-2-6-13-11(12)5-3-7-16-13/h2-7,9,14,18H,8H2,1H3. The highest BCUT2D eigenvalue weighted by Crippen LogP contribution is 2.26. The van der Waals surface area contributed by atoms with Crippen LogP contribution < -0.4 is 0 Å². The van der Waals surface area contributed by atoms with Gasteiger partial charge in [-0.2, -0.15) is 0 Å². The molecule has 0 spiro atoms. The van der Waals surface area contributed by atoms with Gasteiger partial charge in [0.05, 0.1) is 16.6 Å².